The van der Waals surface area contributed by atoms with E-state index in [1.54, 1.807) is 7.11 Å². The van der Waals surface area contributed by atoms with Crippen LogP contribution in [-0.4, -0.2) is 23.7 Å². The van der Waals surface area contributed by atoms with Crippen molar-refractivity contribution in [3.05, 3.63) is 57.3 Å². The predicted octanol–water partition coefficient (Wildman–Crippen LogP) is 1.44. The van der Waals surface area contributed by atoms with Crippen LogP contribution in [0.4, 0.5) is 0 Å². The lowest BCUT2D eigenvalue weighted by atomic mass is 10.1. The van der Waals surface area contributed by atoms with E-state index < -0.39 is 0 Å². The Balaban J connectivity index is 1.87. The summed E-state index contributed by atoms with van der Waals surface area (Å²) in [7, 11) is 1.64. The lowest BCUT2D eigenvalue weighted by Gasteiger charge is -2.15. The molecule has 0 unspecified atom stereocenters. The highest BCUT2D eigenvalue weighted by atomic mass is 16.5. The number of hydrogen-bond donors (Lipinski definition) is 1. The van der Waals surface area contributed by atoms with Crippen molar-refractivity contribution in [1.82, 2.24) is 9.97 Å². The average molecular weight is 272 g/mol. The van der Waals surface area contributed by atoms with Crippen molar-refractivity contribution in [3.8, 4) is 5.75 Å². The first-order valence-corrected chi connectivity index (χ1v) is 6.58. The van der Waals surface area contributed by atoms with Crippen LogP contribution in [0.1, 0.15) is 22.6 Å². The summed E-state index contributed by atoms with van der Waals surface area (Å²) in [4.78, 5) is 19.4. The van der Waals surface area contributed by atoms with Gasteiger partial charge in [0.15, 0.2) is 0 Å². The Morgan fingerprint density at radius 3 is 2.90 bits per heavy atom. The lowest BCUT2D eigenvalue weighted by Crippen LogP contribution is -2.25. The second-order valence-corrected chi connectivity index (χ2v) is 4.77. The molecule has 2 aromatic rings. The monoisotopic (exact) mass is 272 g/mol. The Bertz CT molecular complexity index is 662. The molecule has 104 valence electrons. The predicted molar refractivity (Wildman–Crippen MR) is 74.0 cm³/mol. The zero-order chi connectivity index (χ0) is 13.9. The third kappa shape index (κ3) is 2.58. The van der Waals surface area contributed by atoms with Crippen molar-refractivity contribution >= 4 is 0 Å². The topological polar surface area (TPSA) is 64.2 Å². The SMILES string of the molecule is COc1ccc(Cc2nc3c(c(=O)[nH]2)COCC3)cc1. The molecule has 5 nitrogen and oxygen atoms in total. The molecule has 1 N–H and O–H groups in total. The van der Waals surface area contributed by atoms with Crippen molar-refractivity contribution in [2.75, 3.05) is 13.7 Å². The fraction of sp³-hybridized carbons (Fsp3) is 0.333. The van der Waals surface area contributed by atoms with Gasteiger partial charge in [0.2, 0.25) is 0 Å². The number of rotatable bonds is 3. The van der Waals surface area contributed by atoms with Crippen LogP contribution < -0.4 is 10.3 Å². The van der Waals surface area contributed by atoms with Gasteiger partial charge < -0.3 is 14.5 Å². The lowest BCUT2D eigenvalue weighted by molar-refractivity contribution is 0.108. The van der Waals surface area contributed by atoms with Gasteiger partial charge in [-0.2, -0.15) is 0 Å². The van der Waals surface area contributed by atoms with Gasteiger partial charge in [-0.25, -0.2) is 4.98 Å². The quantitative estimate of drug-likeness (QED) is 0.918. The summed E-state index contributed by atoms with van der Waals surface area (Å²) in [5, 5.41) is 0. The van der Waals surface area contributed by atoms with Gasteiger partial charge in [0, 0.05) is 12.8 Å². The van der Waals surface area contributed by atoms with Crippen LogP contribution in [0.25, 0.3) is 0 Å². The number of aromatic amines is 1. The van der Waals surface area contributed by atoms with Crippen LogP contribution in [0, 0.1) is 0 Å². The van der Waals surface area contributed by atoms with E-state index >= 15 is 0 Å². The molecule has 0 fully saturated rings. The Morgan fingerprint density at radius 1 is 1.35 bits per heavy atom. The van der Waals surface area contributed by atoms with Crippen LogP contribution in [0.3, 0.4) is 0 Å². The molecule has 1 aromatic carbocycles. The Hall–Kier alpha value is -2.14. The van der Waals surface area contributed by atoms with Crippen molar-refractivity contribution in [2.45, 2.75) is 19.4 Å². The molecule has 0 amide bonds. The minimum absolute atomic E-state index is 0.0850. The van der Waals surface area contributed by atoms with Gasteiger partial charge in [-0.05, 0) is 17.7 Å². The zero-order valence-corrected chi connectivity index (χ0v) is 11.3. The molecule has 20 heavy (non-hydrogen) atoms. The Labute approximate surface area is 116 Å². The number of benzene rings is 1. The first-order valence-electron chi connectivity index (χ1n) is 6.58. The average Bonchev–Trinajstić information content (AvgIpc) is 2.48. The van der Waals surface area contributed by atoms with Crippen LogP contribution in [-0.2, 0) is 24.2 Å². The molecule has 1 aliphatic heterocycles. The number of aromatic nitrogens is 2. The minimum Gasteiger partial charge on any atom is -0.497 e. The first kappa shape index (κ1) is 12.9. The number of H-pyrrole nitrogens is 1. The molecular formula is C15H16N2O3. The van der Waals surface area contributed by atoms with Gasteiger partial charge in [0.25, 0.3) is 5.56 Å². The Morgan fingerprint density at radius 2 is 2.15 bits per heavy atom. The third-order valence-corrected chi connectivity index (χ3v) is 3.41. The van der Waals surface area contributed by atoms with Gasteiger partial charge >= 0.3 is 0 Å². The minimum atomic E-state index is -0.0850. The summed E-state index contributed by atoms with van der Waals surface area (Å²) >= 11 is 0. The number of fused-ring (bicyclic) bond motifs is 1. The first-order chi connectivity index (χ1) is 9.76. The van der Waals surface area contributed by atoms with E-state index in [0.29, 0.717) is 37.4 Å². The summed E-state index contributed by atoms with van der Waals surface area (Å²) in [5.74, 6) is 1.51. The molecule has 0 spiro atoms. The summed E-state index contributed by atoms with van der Waals surface area (Å²) in [6.45, 7) is 0.992. The highest BCUT2D eigenvalue weighted by Gasteiger charge is 2.15. The maximum atomic E-state index is 12.0. The second kappa shape index (κ2) is 5.46. The second-order valence-electron chi connectivity index (χ2n) is 4.77. The number of hydrogen-bond acceptors (Lipinski definition) is 4. The summed E-state index contributed by atoms with van der Waals surface area (Å²) < 4.78 is 10.4. The molecule has 0 atom stereocenters. The van der Waals surface area contributed by atoms with E-state index in [4.69, 9.17) is 9.47 Å². The van der Waals surface area contributed by atoms with Crippen LogP contribution >= 0.6 is 0 Å². The van der Waals surface area contributed by atoms with Crippen LogP contribution in [0.15, 0.2) is 29.1 Å². The van der Waals surface area contributed by atoms with Crippen molar-refractivity contribution < 1.29 is 9.47 Å². The normalized spacial score (nSPS) is 13.8. The van der Waals surface area contributed by atoms with Gasteiger partial charge in [0.1, 0.15) is 11.6 Å². The van der Waals surface area contributed by atoms with Gasteiger partial charge in [-0.1, -0.05) is 12.1 Å². The third-order valence-electron chi connectivity index (χ3n) is 3.41. The van der Waals surface area contributed by atoms with Crippen LogP contribution in [0.5, 0.6) is 5.75 Å². The molecule has 0 saturated carbocycles. The smallest absolute Gasteiger partial charge is 0.256 e. The molecule has 0 saturated heterocycles. The van der Waals surface area contributed by atoms with Crippen molar-refractivity contribution in [2.24, 2.45) is 0 Å². The number of nitrogens with one attached hydrogen (secondary N) is 1. The summed E-state index contributed by atoms with van der Waals surface area (Å²) in [6.07, 6.45) is 1.31. The molecular weight excluding hydrogens is 256 g/mol. The molecule has 1 aromatic heterocycles. The van der Waals surface area contributed by atoms with Gasteiger partial charge in [-0.15, -0.1) is 0 Å². The van der Waals surface area contributed by atoms with E-state index in [9.17, 15) is 4.79 Å². The largest absolute Gasteiger partial charge is 0.497 e. The molecule has 5 heteroatoms. The zero-order valence-electron chi connectivity index (χ0n) is 11.3. The number of ether oxygens (including phenoxy) is 2. The summed E-state index contributed by atoms with van der Waals surface area (Å²) in [5.41, 5.74) is 2.53. The molecule has 0 radical (unpaired) electrons. The number of nitrogens with zero attached hydrogens (tertiary/aromatic N) is 1. The highest BCUT2D eigenvalue weighted by molar-refractivity contribution is 5.29. The molecule has 3 rings (SSSR count). The molecule has 0 bridgehead atoms. The van der Waals surface area contributed by atoms with Crippen molar-refractivity contribution in [1.29, 1.82) is 0 Å². The molecule has 0 aliphatic carbocycles. The molecule has 2 heterocycles. The van der Waals surface area contributed by atoms with Gasteiger partial charge in [0.05, 0.1) is 31.6 Å². The van der Waals surface area contributed by atoms with E-state index in [-0.39, 0.29) is 5.56 Å². The number of methoxy groups -OCH3 is 1. The highest BCUT2D eigenvalue weighted by Crippen LogP contribution is 2.15. The van der Waals surface area contributed by atoms with Crippen molar-refractivity contribution in [3.63, 3.8) is 0 Å². The van der Waals surface area contributed by atoms with Crippen LogP contribution in [0.2, 0.25) is 0 Å². The maximum absolute atomic E-state index is 12.0. The summed E-state index contributed by atoms with van der Waals surface area (Å²) in [6, 6.07) is 7.75. The van der Waals surface area contributed by atoms with Gasteiger partial charge in [-0.3, -0.25) is 4.79 Å². The fourth-order valence-corrected chi connectivity index (χ4v) is 2.32. The molecule has 1 aliphatic rings. The standard InChI is InChI=1S/C15H16N2O3/c1-19-11-4-2-10(3-5-11)8-14-16-13-6-7-20-9-12(13)15(18)17-14/h2-5H,6-9H2,1H3,(H,16,17,18). The maximum Gasteiger partial charge on any atom is 0.256 e. The van der Waals surface area contributed by atoms with E-state index in [0.717, 1.165) is 17.0 Å². The fourth-order valence-electron chi connectivity index (χ4n) is 2.32. The van der Waals surface area contributed by atoms with E-state index in [2.05, 4.69) is 9.97 Å². The van der Waals surface area contributed by atoms with E-state index in [1.165, 1.54) is 0 Å². The van der Waals surface area contributed by atoms with E-state index in [1.807, 2.05) is 24.3 Å². The Kier molecular flexibility index (Phi) is 3.52.